The van der Waals surface area contributed by atoms with Gasteiger partial charge in [0.1, 0.15) is 0 Å². The van der Waals surface area contributed by atoms with Crippen molar-refractivity contribution in [3.8, 4) is 0 Å². The number of halogens is 1. The molecule has 4 heteroatoms. The molecule has 0 spiro atoms. The average Bonchev–Trinajstić information content (AvgIpc) is 2.85. The fraction of sp³-hybridized carbons (Fsp3) is 0.400. The van der Waals surface area contributed by atoms with Gasteiger partial charge in [0.25, 0.3) is 0 Å². The minimum Gasteiger partial charge on any atom is -0.312 e. The summed E-state index contributed by atoms with van der Waals surface area (Å²) in [5.74, 6) is 0.683. The second-order valence-electron chi connectivity index (χ2n) is 5.15. The molecule has 0 fully saturated rings. The standard InChI is InChI=1S/C15H20BrN3/c1-12(2)9-17-10-13-4-5-14(15(16)8-13)11-19-7-3-6-18-19/h3-8,12,17H,9-11H2,1-2H3. The Hall–Kier alpha value is -1.13. The molecule has 0 saturated carbocycles. The second-order valence-corrected chi connectivity index (χ2v) is 6.01. The predicted molar refractivity (Wildman–Crippen MR) is 82.0 cm³/mol. The lowest BCUT2D eigenvalue weighted by Gasteiger charge is -2.10. The summed E-state index contributed by atoms with van der Waals surface area (Å²) in [7, 11) is 0. The fourth-order valence-electron chi connectivity index (χ4n) is 1.90. The van der Waals surface area contributed by atoms with Crippen molar-refractivity contribution in [3.63, 3.8) is 0 Å². The summed E-state index contributed by atoms with van der Waals surface area (Å²) < 4.78 is 3.07. The normalized spacial score (nSPS) is 11.2. The SMILES string of the molecule is CC(C)CNCc1ccc(Cn2cccn2)c(Br)c1. The molecule has 0 amide bonds. The Labute approximate surface area is 123 Å². The maximum absolute atomic E-state index is 4.23. The van der Waals surface area contributed by atoms with Crippen molar-refractivity contribution in [2.75, 3.05) is 6.54 Å². The van der Waals surface area contributed by atoms with Crippen molar-refractivity contribution in [1.82, 2.24) is 15.1 Å². The Morgan fingerprint density at radius 3 is 2.84 bits per heavy atom. The van der Waals surface area contributed by atoms with Crippen molar-refractivity contribution in [3.05, 3.63) is 52.3 Å². The van der Waals surface area contributed by atoms with Crippen LogP contribution in [-0.4, -0.2) is 16.3 Å². The zero-order valence-corrected chi connectivity index (χ0v) is 13.0. The fourth-order valence-corrected chi connectivity index (χ4v) is 2.45. The van der Waals surface area contributed by atoms with E-state index in [1.807, 2.05) is 16.9 Å². The Kier molecular flexibility index (Phi) is 5.16. The number of nitrogens with zero attached hydrogens (tertiary/aromatic N) is 2. The number of aromatic nitrogens is 2. The number of benzene rings is 1. The van der Waals surface area contributed by atoms with E-state index in [-0.39, 0.29) is 0 Å². The van der Waals surface area contributed by atoms with Gasteiger partial charge in [-0.05, 0) is 35.7 Å². The summed E-state index contributed by atoms with van der Waals surface area (Å²) in [4.78, 5) is 0. The molecule has 0 aliphatic heterocycles. The van der Waals surface area contributed by atoms with Crippen LogP contribution in [0.5, 0.6) is 0 Å². The maximum Gasteiger partial charge on any atom is 0.0670 e. The van der Waals surface area contributed by atoms with Gasteiger partial charge in [0.2, 0.25) is 0 Å². The molecule has 2 aromatic rings. The number of hydrogen-bond acceptors (Lipinski definition) is 2. The first-order chi connectivity index (χ1) is 9.15. The third kappa shape index (κ3) is 4.48. The summed E-state index contributed by atoms with van der Waals surface area (Å²) in [6.45, 7) is 7.20. The van der Waals surface area contributed by atoms with E-state index in [1.54, 1.807) is 6.20 Å². The third-order valence-corrected chi connectivity index (χ3v) is 3.63. The minimum atomic E-state index is 0.683. The van der Waals surface area contributed by atoms with Gasteiger partial charge in [-0.2, -0.15) is 5.10 Å². The van der Waals surface area contributed by atoms with Crippen LogP contribution in [0.25, 0.3) is 0 Å². The lowest BCUT2D eigenvalue weighted by atomic mass is 10.1. The van der Waals surface area contributed by atoms with E-state index >= 15 is 0 Å². The van der Waals surface area contributed by atoms with Crippen LogP contribution in [0.2, 0.25) is 0 Å². The van der Waals surface area contributed by atoms with Gasteiger partial charge in [0.05, 0.1) is 6.54 Å². The molecule has 2 rings (SSSR count). The minimum absolute atomic E-state index is 0.683. The molecule has 1 aromatic heterocycles. The first kappa shape index (κ1) is 14.3. The van der Waals surface area contributed by atoms with E-state index in [1.165, 1.54) is 11.1 Å². The lowest BCUT2D eigenvalue weighted by molar-refractivity contribution is 0.552. The van der Waals surface area contributed by atoms with Crippen molar-refractivity contribution in [2.24, 2.45) is 5.92 Å². The number of nitrogens with one attached hydrogen (secondary N) is 1. The van der Waals surface area contributed by atoms with Crippen LogP contribution >= 0.6 is 15.9 Å². The van der Waals surface area contributed by atoms with Gasteiger partial charge in [0, 0.05) is 23.4 Å². The van der Waals surface area contributed by atoms with Gasteiger partial charge in [0.15, 0.2) is 0 Å². The smallest absolute Gasteiger partial charge is 0.0670 e. The van der Waals surface area contributed by atoms with Crippen LogP contribution in [-0.2, 0) is 13.1 Å². The van der Waals surface area contributed by atoms with Crippen molar-refractivity contribution < 1.29 is 0 Å². The molecule has 0 radical (unpaired) electrons. The van der Waals surface area contributed by atoms with E-state index in [4.69, 9.17) is 0 Å². The van der Waals surface area contributed by atoms with E-state index in [9.17, 15) is 0 Å². The highest BCUT2D eigenvalue weighted by atomic mass is 79.9. The summed E-state index contributed by atoms with van der Waals surface area (Å²) in [5.41, 5.74) is 2.55. The van der Waals surface area contributed by atoms with Crippen LogP contribution in [0.4, 0.5) is 0 Å². The Morgan fingerprint density at radius 1 is 1.37 bits per heavy atom. The van der Waals surface area contributed by atoms with Crippen LogP contribution in [0, 0.1) is 5.92 Å². The molecule has 0 unspecified atom stereocenters. The van der Waals surface area contributed by atoms with Crippen LogP contribution in [0.3, 0.4) is 0 Å². The van der Waals surface area contributed by atoms with Crippen molar-refractivity contribution in [2.45, 2.75) is 26.9 Å². The largest absolute Gasteiger partial charge is 0.312 e. The average molecular weight is 322 g/mol. The monoisotopic (exact) mass is 321 g/mol. The molecule has 3 nitrogen and oxygen atoms in total. The van der Waals surface area contributed by atoms with Gasteiger partial charge >= 0.3 is 0 Å². The first-order valence-electron chi connectivity index (χ1n) is 6.60. The Morgan fingerprint density at radius 2 is 2.21 bits per heavy atom. The topological polar surface area (TPSA) is 29.9 Å². The number of hydrogen-bond donors (Lipinski definition) is 1. The summed E-state index contributed by atoms with van der Waals surface area (Å²) in [6, 6.07) is 8.47. The molecular weight excluding hydrogens is 302 g/mol. The van der Waals surface area contributed by atoms with Crippen molar-refractivity contribution >= 4 is 15.9 Å². The van der Waals surface area contributed by atoms with Gasteiger partial charge in [-0.1, -0.05) is 41.9 Å². The molecule has 0 bridgehead atoms. The summed E-state index contributed by atoms with van der Waals surface area (Å²) in [5, 5.41) is 7.68. The Bertz CT molecular complexity index is 506. The molecule has 0 aliphatic rings. The highest BCUT2D eigenvalue weighted by molar-refractivity contribution is 9.10. The molecule has 102 valence electrons. The quantitative estimate of drug-likeness (QED) is 0.883. The summed E-state index contributed by atoms with van der Waals surface area (Å²) >= 11 is 3.64. The van der Waals surface area contributed by atoms with Crippen molar-refractivity contribution in [1.29, 1.82) is 0 Å². The second kappa shape index (κ2) is 6.87. The highest BCUT2D eigenvalue weighted by Gasteiger charge is 2.03. The predicted octanol–water partition coefficient (Wildman–Crippen LogP) is 3.44. The number of rotatable bonds is 6. The molecule has 1 heterocycles. The van der Waals surface area contributed by atoms with Crippen LogP contribution in [0.15, 0.2) is 41.1 Å². The van der Waals surface area contributed by atoms with Crippen LogP contribution < -0.4 is 5.32 Å². The molecular formula is C15H20BrN3. The van der Waals surface area contributed by atoms with E-state index in [0.29, 0.717) is 5.92 Å². The first-order valence-corrected chi connectivity index (χ1v) is 7.40. The highest BCUT2D eigenvalue weighted by Crippen LogP contribution is 2.19. The van der Waals surface area contributed by atoms with Gasteiger partial charge < -0.3 is 5.32 Å². The Balaban J connectivity index is 1.97. The van der Waals surface area contributed by atoms with E-state index in [0.717, 1.165) is 24.1 Å². The van der Waals surface area contributed by atoms with E-state index in [2.05, 4.69) is 58.4 Å². The van der Waals surface area contributed by atoms with E-state index < -0.39 is 0 Å². The maximum atomic E-state index is 4.23. The molecule has 19 heavy (non-hydrogen) atoms. The van der Waals surface area contributed by atoms with Gasteiger partial charge in [-0.25, -0.2) is 0 Å². The third-order valence-electron chi connectivity index (χ3n) is 2.89. The summed E-state index contributed by atoms with van der Waals surface area (Å²) in [6.07, 6.45) is 3.78. The molecule has 1 aromatic carbocycles. The zero-order chi connectivity index (χ0) is 13.7. The molecule has 0 atom stereocenters. The lowest BCUT2D eigenvalue weighted by Crippen LogP contribution is -2.19. The molecule has 0 aliphatic carbocycles. The van der Waals surface area contributed by atoms with Crippen LogP contribution in [0.1, 0.15) is 25.0 Å². The molecule has 1 N–H and O–H groups in total. The zero-order valence-electron chi connectivity index (χ0n) is 11.4. The van der Waals surface area contributed by atoms with Gasteiger partial charge in [-0.15, -0.1) is 0 Å². The van der Waals surface area contributed by atoms with Gasteiger partial charge in [-0.3, -0.25) is 4.68 Å². The molecule has 0 saturated heterocycles.